The lowest BCUT2D eigenvalue weighted by Crippen LogP contribution is -2.37. The maximum absolute atomic E-state index is 7.95. The Morgan fingerprint density at radius 3 is 1.38 bits per heavy atom. The van der Waals surface area contributed by atoms with Gasteiger partial charge in [0, 0.05) is 22.9 Å². The summed E-state index contributed by atoms with van der Waals surface area (Å²) in [7, 11) is -2.42. The van der Waals surface area contributed by atoms with Crippen LogP contribution in [0.1, 0.15) is 36.8 Å². The highest BCUT2D eigenvalue weighted by atomic mass is 35.6. The maximum atomic E-state index is 7.95. The summed E-state index contributed by atoms with van der Waals surface area (Å²) in [6.07, 6.45) is 23.0. The number of halogens is 1. The van der Waals surface area contributed by atoms with E-state index in [1.807, 2.05) is 0 Å². The van der Waals surface area contributed by atoms with Crippen molar-refractivity contribution in [3.8, 4) is 0 Å². The lowest BCUT2D eigenvalue weighted by Gasteiger charge is -2.37. The summed E-state index contributed by atoms with van der Waals surface area (Å²) in [5.41, 5.74) is 11.7. The molecule has 0 aromatic heterocycles. The van der Waals surface area contributed by atoms with Crippen LogP contribution >= 0.6 is 11.1 Å². The predicted molar refractivity (Wildman–Crippen MR) is 161 cm³/mol. The third-order valence-electron chi connectivity index (χ3n) is 8.46. The molecule has 0 heterocycles. The van der Waals surface area contributed by atoms with Crippen molar-refractivity contribution in [1.29, 1.82) is 0 Å². The third kappa shape index (κ3) is 4.15. The number of hydrogen-bond donors (Lipinski definition) is 0. The van der Waals surface area contributed by atoms with E-state index >= 15 is 0 Å². The Kier molecular flexibility index (Phi) is 6.30. The Bertz CT molecular complexity index is 1350. The lowest BCUT2D eigenvalue weighted by molar-refractivity contribution is 0.994. The molecule has 37 heavy (non-hydrogen) atoms. The van der Waals surface area contributed by atoms with Gasteiger partial charge in [-0.05, 0) is 47.3 Å². The number of benzene rings is 2. The molecule has 4 aliphatic rings. The Morgan fingerprint density at radius 1 is 0.568 bits per heavy atom. The van der Waals surface area contributed by atoms with E-state index in [-0.39, 0.29) is 22.9 Å². The SMILES string of the molecule is CC1=CC2=C(C=CC=CC2c2ccccc2)C1[Si](C)(Cl)C1C(C)=CC2=C1C=CC=CC2c1ccccc1. The molecule has 0 fully saturated rings. The first kappa shape index (κ1) is 24.2. The Hall–Kier alpha value is -3.13. The minimum absolute atomic E-state index is 0.257. The van der Waals surface area contributed by atoms with Gasteiger partial charge < -0.3 is 0 Å². The molecule has 2 aromatic rings. The Morgan fingerprint density at radius 2 is 0.973 bits per heavy atom. The van der Waals surface area contributed by atoms with Gasteiger partial charge in [0.05, 0.1) is 0 Å². The predicted octanol–water partition coefficient (Wildman–Crippen LogP) is 9.87. The first-order chi connectivity index (χ1) is 18.0. The van der Waals surface area contributed by atoms with Crippen molar-refractivity contribution in [3.05, 3.63) is 166 Å². The van der Waals surface area contributed by atoms with Crippen molar-refractivity contribution >= 4 is 18.5 Å². The van der Waals surface area contributed by atoms with Crippen LogP contribution < -0.4 is 0 Å². The first-order valence-corrected chi connectivity index (χ1v) is 17.0. The van der Waals surface area contributed by atoms with Crippen molar-refractivity contribution in [3.63, 3.8) is 0 Å². The second-order valence-electron chi connectivity index (χ2n) is 10.9. The van der Waals surface area contributed by atoms with Gasteiger partial charge in [0.1, 0.15) is 0 Å². The summed E-state index contributed by atoms with van der Waals surface area (Å²) in [5, 5.41) is 0. The standard InChI is InChI=1S/C35H33ClSi/c1-24-22-32-28(26-14-6-4-7-15-26)18-10-12-20-30(32)34(24)37(3,36)35-25(2)23-33-29(19-11-13-21-31(33)35)27-16-8-5-9-17-27/h4-23,28-29,34-35H,1-3H3. The molecule has 6 rings (SSSR count). The summed E-state index contributed by atoms with van der Waals surface area (Å²) in [6, 6.07) is 21.7. The van der Waals surface area contributed by atoms with Crippen molar-refractivity contribution in [2.45, 2.75) is 43.3 Å². The minimum Gasteiger partial charge on any atom is -0.165 e. The molecule has 0 radical (unpaired) electrons. The molecule has 4 aliphatic carbocycles. The summed E-state index contributed by atoms with van der Waals surface area (Å²) < 4.78 is 0. The molecule has 0 nitrogen and oxygen atoms in total. The molecule has 2 heteroatoms. The molecule has 0 aliphatic heterocycles. The lowest BCUT2D eigenvalue weighted by atomic mass is 9.89. The van der Waals surface area contributed by atoms with E-state index in [0.717, 1.165) is 0 Å². The van der Waals surface area contributed by atoms with Crippen LogP contribution in [0.4, 0.5) is 0 Å². The van der Waals surface area contributed by atoms with Crippen LogP contribution in [-0.4, -0.2) is 7.38 Å². The molecule has 4 unspecified atom stereocenters. The normalized spacial score (nSPS) is 27.9. The van der Waals surface area contributed by atoms with E-state index < -0.39 is 7.38 Å². The maximum Gasteiger partial charge on any atom is 0.176 e. The highest BCUT2D eigenvalue weighted by Gasteiger charge is 2.51. The van der Waals surface area contributed by atoms with Gasteiger partial charge in [0.25, 0.3) is 0 Å². The van der Waals surface area contributed by atoms with Gasteiger partial charge in [-0.25, -0.2) is 0 Å². The Labute approximate surface area is 227 Å². The quantitative estimate of drug-likeness (QED) is 0.280. The number of allylic oxidation sites excluding steroid dienone is 16. The second kappa shape index (κ2) is 9.63. The number of rotatable bonds is 4. The van der Waals surface area contributed by atoms with Crippen molar-refractivity contribution in [1.82, 2.24) is 0 Å². The molecule has 0 amide bonds. The molecule has 0 N–H and O–H groups in total. The second-order valence-corrected chi connectivity index (χ2v) is 16.8. The van der Waals surface area contributed by atoms with Crippen LogP contribution in [0.15, 0.2) is 155 Å². The van der Waals surface area contributed by atoms with Gasteiger partial charge in [-0.3, -0.25) is 0 Å². The largest absolute Gasteiger partial charge is 0.176 e. The zero-order valence-corrected chi connectivity index (χ0v) is 23.5. The molecule has 2 aromatic carbocycles. The third-order valence-corrected chi connectivity index (χ3v) is 13.6. The van der Waals surface area contributed by atoms with E-state index in [0.29, 0.717) is 0 Å². The highest BCUT2D eigenvalue weighted by molar-refractivity contribution is 7.22. The Balaban J connectivity index is 1.43. The van der Waals surface area contributed by atoms with Crippen LogP contribution in [0, 0.1) is 0 Å². The van der Waals surface area contributed by atoms with Crippen LogP contribution in [-0.2, 0) is 0 Å². The van der Waals surface area contributed by atoms with E-state index in [9.17, 15) is 0 Å². The molecular formula is C35H33ClSi. The fourth-order valence-corrected chi connectivity index (χ4v) is 12.8. The molecule has 0 spiro atoms. The fourth-order valence-electron chi connectivity index (χ4n) is 7.01. The van der Waals surface area contributed by atoms with E-state index in [1.54, 1.807) is 0 Å². The number of hydrogen-bond acceptors (Lipinski definition) is 0. The van der Waals surface area contributed by atoms with Gasteiger partial charge in [-0.2, -0.15) is 11.1 Å². The van der Waals surface area contributed by atoms with E-state index in [4.69, 9.17) is 11.1 Å². The molecular weight excluding hydrogens is 484 g/mol. The smallest absolute Gasteiger partial charge is 0.165 e. The summed E-state index contributed by atoms with van der Waals surface area (Å²) in [6.45, 7) is 7.00. The van der Waals surface area contributed by atoms with Crippen LogP contribution in [0.5, 0.6) is 0 Å². The van der Waals surface area contributed by atoms with Crippen molar-refractivity contribution < 1.29 is 0 Å². The topological polar surface area (TPSA) is 0 Å². The summed E-state index contributed by atoms with van der Waals surface area (Å²) in [5.74, 6) is 0.513. The first-order valence-electron chi connectivity index (χ1n) is 13.3. The zero-order chi connectivity index (χ0) is 25.6. The fraction of sp³-hybridized carbons (Fsp3) is 0.200. The van der Waals surface area contributed by atoms with Crippen molar-refractivity contribution in [2.24, 2.45) is 0 Å². The van der Waals surface area contributed by atoms with Gasteiger partial charge in [-0.1, -0.05) is 139 Å². The van der Waals surface area contributed by atoms with E-state index in [1.165, 1.54) is 44.6 Å². The minimum atomic E-state index is -2.42. The molecule has 184 valence electrons. The van der Waals surface area contributed by atoms with Gasteiger partial charge in [-0.15, -0.1) is 0 Å². The summed E-state index contributed by atoms with van der Waals surface area (Å²) >= 11 is 7.95. The molecule has 0 saturated carbocycles. The molecule has 0 saturated heterocycles. The van der Waals surface area contributed by atoms with Crippen LogP contribution in [0.25, 0.3) is 0 Å². The average Bonchev–Trinajstić information content (AvgIpc) is 3.23. The monoisotopic (exact) mass is 516 g/mol. The zero-order valence-electron chi connectivity index (χ0n) is 21.7. The highest BCUT2D eigenvalue weighted by Crippen LogP contribution is 2.59. The van der Waals surface area contributed by atoms with Gasteiger partial charge >= 0.3 is 0 Å². The van der Waals surface area contributed by atoms with Crippen molar-refractivity contribution in [2.75, 3.05) is 0 Å². The van der Waals surface area contributed by atoms with E-state index in [2.05, 4.69) is 142 Å². The molecule has 4 atom stereocenters. The van der Waals surface area contributed by atoms with Crippen LogP contribution in [0.3, 0.4) is 0 Å². The summed E-state index contributed by atoms with van der Waals surface area (Å²) in [4.78, 5) is 0. The van der Waals surface area contributed by atoms with Gasteiger partial charge in [0.2, 0.25) is 0 Å². The van der Waals surface area contributed by atoms with Gasteiger partial charge in [0.15, 0.2) is 7.38 Å². The average molecular weight is 517 g/mol. The van der Waals surface area contributed by atoms with Crippen LogP contribution in [0.2, 0.25) is 17.6 Å². The molecule has 0 bridgehead atoms.